The highest BCUT2D eigenvalue weighted by Crippen LogP contribution is 2.41. The van der Waals surface area contributed by atoms with E-state index >= 15 is 0 Å². The molecule has 0 heterocycles. The van der Waals surface area contributed by atoms with Crippen molar-refractivity contribution in [2.24, 2.45) is 5.73 Å². The first-order chi connectivity index (χ1) is 9.00. The maximum absolute atomic E-state index is 13.3. The van der Waals surface area contributed by atoms with Crippen LogP contribution in [0.25, 0.3) is 0 Å². The fourth-order valence-corrected chi connectivity index (χ4v) is 3.04. The number of hydrogen-bond donors (Lipinski definition) is 1. The molecule has 0 saturated heterocycles. The first-order valence-corrected chi connectivity index (χ1v) is 6.79. The fraction of sp³-hybridized carbons (Fsp3) is 0.200. The van der Waals surface area contributed by atoms with Crippen LogP contribution in [0.4, 0.5) is 4.39 Å². The van der Waals surface area contributed by atoms with Gasteiger partial charge in [-0.25, -0.2) is 4.39 Å². The van der Waals surface area contributed by atoms with Crippen LogP contribution in [0, 0.1) is 5.82 Å². The number of rotatable bonds is 1. The lowest BCUT2D eigenvalue weighted by Crippen LogP contribution is -2.35. The Morgan fingerprint density at radius 2 is 1.84 bits per heavy atom. The standard InChI is InChI=1S/C15H12Cl2FN/c16-13-4-1-10(8-14(13)17)15(19)6-5-9-7-11(18)2-3-12(9)15/h1-4,7-8H,5-6,19H2. The summed E-state index contributed by atoms with van der Waals surface area (Å²) in [5, 5.41) is 0.992. The second-order valence-electron chi connectivity index (χ2n) is 4.90. The summed E-state index contributed by atoms with van der Waals surface area (Å²) in [6, 6.07) is 10.2. The molecule has 1 atom stereocenters. The van der Waals surface area contributed by atoms with Crippen molar-refractivity contribution in [1.82, 2.24) is 0 Å². The number of hydrogen-bond acceptors (Lipinski definition) is 1. The summed E-state index contributed by atoms with van der Waals surface area (Å²) in [6.07, 6.45) is 1.51. The van der Waals surface area contributed by atoms with Crippen LogP contribution >= 0.6 is 23.2 Å². The average molecular weight is 296 g/mol. The van der Waals surface area contributed by atoms with Gasteiger partial charge in [0.2, 0.25) is 0 Å². The maximum Gasteiger partial charge on any atom is 0.123 e. The zero-order valence-corrected chi connectivity index (χ0v) is 11.6. The summed E-state index contributed by atoms with van der Waals surface area (Å²) in [5.74, 6) is -0.225. The van der Waals surface area contributed by atoms with Gasteiger partial charge >= 0.3 is 0 Å². The number of nitrogens with two attached hydrogens (primary N) is 1. The molecule has 0 amide bonds. The molecule has 0 spiro atoms. The van der Waals surface area contributed by atoms with Gasteiger partial charge in [0.25, 0.3) is 0 Å². The zero-order valence-electron chi connectivity index (χ0n) is 10.1. The maximum atomic E-state index is 13.3. The summed E-state index contributed by atoms with van der Waals surface area (Å²) in [6.45, 7) is 0. The summed E-state index contributed by atoms with van der Waals surface area (Å²) in [7, 11) is 0. The van der Waals surface area contributed by atoms with Crippen molar-refractivity contribution in [3.05, 3.63) is 69.0 Å². The number of fused-ring (bicyclic) bond motifs is 1. The number of aryl methyl sites for hydroxylation is 1. The molecular formula is C15H12Cl2FN. The fourth-order valence-electron chi connectivity index (χ4n) is 2.74. The molecule has 98 valence electrons. The highest BCUT2D eigenvalue weighted by molar-refractivity contribution is 6.42. The minimum absolute atomic E-state index is 0.225. The molecule has 0 aliphatic heterocycles. The third-order valence-corrected chi connectivity index (χ3v) is 4.51. The SMILES string of the molecule is NC1(c2ccc(Cl)c(Cl)c2)CCc2cc(F)ccc21. The molecule has 0 radical (unpaired) electrons. The van der Waals surface area contributed by atoms with Gasteiger partial charge in [-0.3, -0.25) is 0 Å². The van der Waals surface area contributed by atoms with Crippen LogP contribution < -0.4 is 5.73 Å². The number of benzene rings is 2. The Labute approximate surface area is 121 Å². The molecule has 2 aromatic rings. The smallest absolute Gasteiger partial charge is 0.123 e. The van der Waals surface area contributed by atoms with E-state index in [9.17, 15) is 4.39 Å². The monoisotopic (exact) mass is 295 g/mol. The van der Waals surface area contributed by atoms with Crippen molar-refractivity contribution < 1.29 is 4.39 Å². The van der Waals surface area contributed by atoms with Crippen LogP contribution in [0.2, 0.25) is 10.0 Å². The Morgan fingerprint density at radius 1 is 1.05 bits per heavy atom. The van der Waals surface area contributed by atoms with E-state index in [0.29, 0.717) is 10.0 Å². The van der Waals surface area contributed by atoms with E-state index in [1.807, 2.05) is 6.07 Å². The van der Waals surface area contributed by atoms with E-state index in [1.54, 1.807) is 24.3 Å². The lowest BCUT2D eigenvalue weighted by Gasteiger charge is -2.26. The molecule has 3 rings (SSSR count). The molecule has 1 aliphatic carbocycles. The molecule has 1 nitrogen and oxygen atoms in total. The van der Waals surface area contributed by atoms with Crippen LogP contribution in [0.3, 0.4) is 0 Å². The number of halogens is 3. The normalized spacial score (nSPS) is 21.5. The lowest BCUT2D eigenvalue weighted by atomic mass is 9.85. The van der Waals surface area contributed by atoms with Gasteiger partial charge in [-0.1, -0.05) is 35.3 Å². The first-order valence-electron chi connectivity index (χ1n) is 6.04. The van der Waals surface area contributed by atoms with Gasteiger partial charge in [-0.2, -0.15) is 0 Å². The van der Waals surface area contributed by atoms with E-state index < -0.39 is 5.54 Å². The molecule has 4 heteroatoms. The Kier molecular flexibility index (Phi) is 3.05. The van der Waals surface area contributed by atoms with E-state index in [2.05, 4.69) is 0 Å². The largest absolute Gasteiger partial charge is 0.318 e. The molecule has 2 aromatic carbocycles. The summed E-state index contributed by atoms with van der Waals surface area (Å²) in [4.78, 5) is 0. The predicted octanol–water partition coefficient (Wildman–Crippen LogP) is 4.28. The minimum Gasteiger partial charge on any atom is -0.318 e. The minimum atomic E-state index is -0.614. The van der Waals surface area contributed by atoms with E-state index in [4.69, 9.17) is 28.9 Å². The van der Waals surface area contributed by atoms with Crippen molar-refractivity contribution in [3.63, 3.8) is 0 Å². The molecular weight excluding hydrogens is 284 g/mol. The van der Waals surface area contributed by atoms with E-state index in [1.165, 1.54) is 6.07 Å². The third kappa shape index (κ3) is 2.04. The average Bonchev–Trinajstić information content (AvgIpc) is 2.71. The molecule has 0 bridgehead atoms. The Bertz CT molecular complexity index is 657. The second kappa shape index (κ2) is 4.48. The van der Waals surface area contributed by atoms with Crippen LogP contribution in [0.1, 0.15) is 23.1 Å². The topological polar surface area (TPSA) is 26.0 Å². The van der Waals surface area contributed by atoms with Gasteiger partial charge in [0.05, 0.1) is 15.6 Å². The first kappa shape index (κ1) is 12.9. The van der Waals surface area contributed by atoms with Crippen molar-refractivity contribution in [2.75, 3.05) is 0 Å². The Balaban J connectivity index is 2.13. The van der Waals surface area contributed by atoms with Crippen molar-refractivity contribution >= 4 is 23.2 Å². The Hall–Kier alpha value is -1.09. The van der Waals surface area contributed by atoms with Gasteiger partial charge in [0.1, 0.15) is 5.82 Å². The third-order valence-electron chi connectivity index (χ3n) is 3.77. The van der Waals surface area contributed by atoms with Crippen LogP contribution in [-0.4, -0.2) is 0 Å². The summed E-state index contributed by atoms with van der Waals surface area (Å²) < 4.78 is 13.3. The van der Waals surface area contributed by atoms with Gasteiger partial charge in [0.15, 0.2) is 0 Å². The van der Waals surface area contributed by atoms with Crippen molar-refractivity contribution in [3.8, 4) is 0 Å². The van der Waals surface area contributed by atoms with Gasteiger partial charge in [0, 0.05) is 0 Å². The molecule has 2 N–H and O–H groups in total. The summed E-state index contributed by atoms with van der Waals surface area (Å²) >= 11 is 12.0. The predicted molar refractivity (Wildman–Crippen MR) is 76.2 cm³/mol. The van der Waals surface area contributed by atoms with E-state index in [-0.39, 0.29) is 5.82 Å². The van der Waals surface area contributed by atoms with Crippen LogP contribution in [0.5, 0.6) is 0 Å². The molecule has 0 saturated carbocycles. The van der Waals surface area contributed by atoms with E-state index in [0.717, 1.165) is 29.5 Å². The highest BCUT2D eigenvalue weighted by Gasteiger charge is 2.36. The molecule has 0 fully saturated rings. The highest BCUT2D eigenvalue weighted by atomic mass is 35.5. The van der Waals surface area contributed by atoms with Gasteiger partial charge < -0.3 is 5.73 Å². The lowest BCUT2D eigenvalue weighted by molar-refractivity contribution is 0.534. The molecule has 0 aromatic heterocycles. The quantitative estimate of drug-likeness (QED) is 0.835. The van der Waals surface area contributed by atoms with Crippen LogP contribution in [-0.2, 0) is 12.0 Å². The van der Waals surface area contributed by atoms with Gasteiger partial charge in [-0.05, 0) is 53.8 Å². The van der Waals surface area contributed by atoms with Crippen molar-refractivity contribution in [2.45, 2.75) is 18.4 Å². The van der Waals surface area contributed by atoms with Gasteiger partial charge in [-0.15, -0.1) is 0 Å². The summed E-state index contributed by atoms with van der Waals surface area (Å²) in [5.41, 5.74) is 8.76. The Morgan fingerprint density at radius 3 is 2.58 bits per heavy atom. The zero-order chi connectivity index (χ0) is 13.6. The molecule has 19 heavy (non-hydrogen) atoms. The molecule has 1 unspecified atom stereocenters. The second-order valence-corrected chi connectivity index (χ2v) is 5.72. The molecule has 1 aliphatic rings. The van der Waals surface area contributed by atoms with Crippen molar-refractivity contribution in [1.29, 1.82) is 0 Å². The van der Waals surface area contributed by atoms with Crippen LogP contribution in [0.15, 0.2) is 36.4 Å².